The number of aromatic nitrogens is 2. The number of ether oxygens (including phenoxy) is 2. The lowest BCUT2D eigenvalue weighted by Gasteiger charge is -2.25. The van der Waals surface area contributed by atoms with Crippen molar-refractivity contribution in [2.24, 2.45) is 4.99 Å². The normalized spacial score (nSPS) is 15.9. The summed E-state index contributed by atoms with van der Waals surface area (Å²) in [6, 6.07) is 14.6. The van der Waals surface area contributed by atoms with Crippen molar-refractivity contribution in [3.63, 3.8) is 0 Å². The maximum absolute atomic E-state index is 13.8. The molecule has 1 aliphatic heterocycles. The SMILES string of the molecule is COc1cccc([C@H]2C(C(=O)OC(C)C)=C(C)N=c3s/c(=C/c4c[nH]c5ccccc45)c(=O)n32)c1. The van der Waals surface area contributed by atoms with E-state index < -0.39 is 12.0 Å². The Morgan fingerprint density at radius 1 is 1.20 bits per heavy atom. The van der Waals surface area contributed by atoms with Gasteiger partial charge in [0.1, 0.15) is 5.75 Å². The molecule has 0 fully saturated rings. The maximum atomic E-state index is 13.8. The molecule has 2 aromatic carbocycles. The van der Waals surface area contributed by atoms with Crippen molar-refractivity contribution < 1.29 is 14.3 Å². The van der Waals surface area contributed by atoms with Crippen LogP contribution in [0.2, 0.25) is 0 Å². The molecular formula is C27H25N3O4S. The van der Waals surface area contributed by atoms with E-state index in [9.17, 15) is 9.59 Å². The summed E-state index contributed by atoms with van der Waals surface area (Å²) in [5.41, 5.74) is 3.32. The van der Waals surface area contributed by atoms with Crippen molar-refractivity contribution >= 4 is 34.3 Å². The van der Waals surface area contributed by atoms with E-state index in [-0.39, 0.29) is 11.7 Å². The number of nitrogens with one attached hydrogen (secondary N) is 1. The van der Waals surface area contributed by atoms with Gasteiger partial charge in [-0.15, -0.1) is 0 Å². The zero-order valence-electron chi connectivity index (χ0n) is 19.9. The minimum absolute atomic E-state index is 0.214. The molecule has 35 heavy (non-hydrogen) atoms. The van der Waals surface area contributed by atoms with E-state index in [1.165, 1.54) is 11.3 Å². The topological polar surface area (TPSA) is 85.7 Å². The van der Waals surface area contributed by atoms with Gasteiger partial charge in [-0.25, -0.2) is 9.79 Å². The number of para-hydroxylation sites is 1. The Labute approximate surface area is 205 Å². The molecule has 0 spiro atoms. The Morgan fingerprint density at radius 2 is 2.00 bits per heavy atom. The number of carbonyl (C=O) groups is 1. The van der Waals surface area contributed by atoms with Crippen LogP contribution in [-0.2, 0) is 9.53 Å². The van der Waals surface area contributed by atoms with Gasteiger partial charge in [0.15, 0.2) is 4.80 Å². The predicted octanol–water partition coefficient (Wildman–Crippen LogP) is 3.68. The summed E-state index contributed by atoms with van der Waals surface area (Å²) in [6.45, 7) is 5.37. The third-order valence-electron chi connectivity index (χ3n) is 5.90. The molecule has 0 bridgehead atoms. The van der Waals surface area contributed by atoms with E-state index in [0.29, 0.717) is 26.4 Å². The summed E-state index contributed by atoms with van der Waals surface area (Å²) in [5, 5.41) is 1.03. The molecule has 3 heterocycles. The van der Waals surface area contributed by atoms with E-state index in [2.05, 4.69) is 9.98 Å². The number of benzene rings is 2. The summed E-state index contributed by atoms with van der Waals surface area (Å²) < 4.78 is 13.1. The summed E-state index contributed by atoms with van der Waals surface area (Å²) in [6.07, 6.45) is 3.45. The molecule has 0 unspecified atom stereocenters. The number of hydrogen-bond acceptors (Lipinski definition) is 6. The molecule has 0 saturated heterocycles. The zero-order chi connectivity index (χ0) is 24.7. The molecule has 0 amide bonds. The fourth-order valence-electron chi connectivity index (χ4n) is 4.34. The number of methoxy groups -OCH3 is 1. The number of carbonyl (C=O) groups excluding carboxylic acids is 1. The lowest BCUT2D eigenvalue weighted by atomic mass is 9.95. The number of esters is 1. The van der Waals surface area contributed by atoms with Crippen molar-refractivity contribution in [1.29, 1.82) is 0 Å². The second kappa shape index (κ2) is 9.03. The number of fused-ring (bicyclic) bond motifs is 2. The Kier molecular flexibility index (Phi) is 5.90. The van der Waals surface area contributed by atoms with Gasteiger partial charge in [-0.1, -0.05) is 41.7 Å². The van der Waals surface area contributed by atoms with Gasteiger partial charge in [0.2, 0.25) is 0 Å². The minimum Gasteiger partial charge on any atom is -0.497 e. The number of aromatic amines is 1. The monoisotopic (exact) mass is 487 g/mol. The average Bonchev–Trinajstić information content (AvgIpc) is 3.38. The highest BCUT2D eigenvalue weighted by Crippen LogP contribution is 2.32. The molecule has 0 radical (unpaired) electrons. The molecule has 0 aliphatic carbocycles. The number of hydrogen-bond donors (Lipinski definition) is 1. The Bertz CT molecular complexity index is 1660. The molecule has 1 atom stereocenters. The number of nitrogens with zero attached hydrogens (tertiary/aromatic N) is 2. The number of allylic oxidation sites excluding steroid dienone is 1. The van der Waals surface area contributed by atoms with Crippen molar-refractivity contribution in [2.45, 2.75) is 32.9 Å². The van der Waals surface area contributed by atoms with Gasteiger partial charge in [-0.05, 0) is 50.6 Å². The van der Waals surface area contributed by atoms with Crippen LogP contribution in [0.3, 0.4) is 0 Å². The standard InChI is InChI=1S/C27H25N3O4S/c1-15(2)34-26(32)23-16(3)29-27-30(24(23)17-8-7-9-19(12-17)33-4)25(31)22(35-27)13-18-14-28-21-11-6-5-10-20(18)21/h5-15,24,28H,1-4H3/b22-13+/t24-/m0/s1. The smallest absolute Gasteiger partial charge is 0.338 e. The van der Waals surface area contributed by atoms with Crippen LogP contribution >= 0.6 is 11.3 Å². The summed E-state index contributed by atoms with van der Waals surface area (Å²) >= 11 is 1.31. The predicted molar refractivity (Wildman–Crippen MR) is 136 cm³/mol. The summed E-state index contributed by atoms with van der Waals surface area (Å²) in [7, 11) is 1.58. The van der Waals surface area contributed by atoms with E-state index in [1.54, 1.807) is 32.4 Å². The first-order valence-electron chi connectivity index (χ1n) is 11.3. The molecule has 0 saturated carbocycles. The first-order chi connectivity index (χ1) is 16.9. The molecular weight excluding hydrogens is 462 g/mol. The molecule has 5 rings (SSSR count). The summed E-state index contributed by atoms with van der Waals surface area (Å²) in [4.78, 5) is 35.4. The van der Waals surface area contributed by atoms with Crippen molar-refractivity contribution in [2.75, 3.05) is 7.11 Å². The Morgan fingerprint density at radius 3 is 2.77 bits per heavy atom. The highest BCUT2D eigenvalue weighted by atomic mass is 32.1. The van der Waals surface area contributed by atoms with Gasteiger partial charge in [0, 0.05) is 22.7 Å². The van der Waals surface area contributed by atoms with Gasteiger partial charge in [-0.2, -0.15) is 0 Å². The van der Waals surface area contributed by atoms with Crippen LogP contribution in [0.15, 0.2) is 75.8 Å². The molecule has 4 aromatic rings. The maximum Gasteiger partial charge on any atom is 0.338 e. The quantitative estimate of drug-likeness (QED) is 0.435. The van der Waals surface area contributed by atoms with Gasteiger partial charge >= 0.3 is 5.97 Å². The zero-order valence-corrected chi connectivity index (χ0v) is 20.7. The third kappa shape index (κ3) is 4.10. The van der Waals surface area contributed by atoms with E-state index in [1.807, 2.05) is 60.8 Å². The van der Waals surface area contributed by atoms with Crippen molar-refractivity contribution in [1.82, 2.24) is 9.55 Å². The molecule has 1 aliphatic rings. The molecule has 2 aromatic heterocycles. The molecule has 1 N–H and O–H groups in total. The fraction of sp³-hybridized carbons (Fsp3) is 0.222. The molecule has 178 valence electrons. The van der Waals surface area contributed by atoms with Gasteiger partial charge in [0.05, 0.1) is 35.1 Å². The van der Waals surface area contributed by atoms with Crippen LogP contribution in [0.4, 0.5) is 0 Å². The highest BCUT2D eigenvalue weighted by molar-refractivity contribution is 7.07. The average molecular weight is 488 g/mol. The van der Waals surface area contributed by atoms with Crippen LogP contribution in [-0.4, -0.2) is 28.7 Å². The van der Waals surface area contributed by atoms with Gasteiger partial charge < -0.3 is 14.5 Å². The lowest BCUT2D eigenvalue weighted by molar-refractivity contribution is -0.143. The summed E-state index contributed by atoms with van der Waals surface area (Å²) in [5.74, 6) is 0.148. The number of H-pyrrole nitrogens is 1. The number of thiazole rings is 1. The first-order valence-corrected chi connectivity index (χ1v) is 12.1. The largest absolute Gasteiger partial charge is 0.497 e. The third-order valence-corrected chi connectivity index (χ3v) is 6.88. The second-order valence-corrected chi connectivity index (χ2v) is 9.61. The first kappa shape index (κ1) is 22.9. The van der Waals surface area contributed by atoms with Crippen LogP contribution in [0, 0.1) is 0 Å². The van der Waals surface area contributed by atoms with Crippen LogP contribution in [0.1, 0.15) is 37.9 Å². The van der Waals surface area contributed by atoms with E-state index in [0.717, 1.165) is 22.0 Å². The minimum atomic E-state index is -0.683. The number of rotatable bonds is 5. The Balaban J connectivity index is 1.74. The van der Waals surface area contributed by atoms with Crippen LogP contribution < -0.4 is 19.6 Å². The van der Waals surface area contributed by atoms with Gasteiger partial charge in [-0.3, -0.25) is 9.36 Å². The molecule has 7 nitrogen and oxygen atoms in total. The van der Waals surface area contributed by atoms with Crippen LogP contribution in [0.25, 0.3) is 17.0 Å². The van der Waals surface area contributed by atoms with E-state index >= 15 is 0 Å². The van der Waals surface area contributed by atoms with Gasteiger partial charge in [0.25, 0.3) is 5.56 Å². The van der Waals surface area contributed by atoms with Crippen molar-refractivity contribution in [3.8, 4) is 5.75 Å². The second-order valence-electron chi connectivity index (χ2n) is 8.60. The molecule has 8 heteroatoms. The Hall–Kier alpha value is -3.91. The van der Waals surface area contributed by atoms with Crippen molar-refractivity contribution in [3.05, 3.63) is 96.8 Å². The van der Waals surface area contributed by atoms with Crippen LogP contribution in [0.5, 0.6) is 5.75 Å². The van der Waals surface area contributed by atoms with E-state index in [4.69, 9.17) is 9.47 Å². The lowest BCUT2D eigenvalue weighted by Crippen LogP contribution is -2.40. The fourth-order valence-corrected chi connectivity index (χ4v) is 5.38. The highest BCUT2D eigenvalue weighted by Gasteiger charge is 2.34.